The van der Waals surface area contributed by atoms with Crippen molar-refractivity contribution < 1.29 is 18.9 Å². The lowest BCUT2D eigenvalue weighted by Gasteiger charge is -2.30. The maximum absolute atomic E-state index is 5.74. The summed E-state index contributed by atoms with van der Waals surface area (Å²) in [4.78, 5) is 0. The van der Waals surface area contributed by atoms with E-state index in [1.165, 1.54) is 16.7 Å². The van der Waals surface area contributed by atoms with Crippen molar-refractivity contribution in [3.63, 3.8) is 0 Å². The fraction of sp³-hybridized carbons (Fsp3) is 0.400. The molecular formula is C20H22BrNO4. The molecule has 0 spiro atoms. The monoisotopic (exact) mass is 419 g/mol. The summed E-state index contributed by atoms with van der Waals surface area (Å²) in [5.41, 5.74) is 3.73. The second-order valence-corrected chi connectivity index (χ2v) is 7.24. The summed E-state index contributed by atoms with van der Waals surface area (Å²) >= 11 is 3.72. The van der Waals surface area contributed by atoms with Crippen molar-refractivity contribution in [2.75, 3.05) is 27.6 Å². The Hall–Kier alpha value is -1.92. The number of aryl methyl sites for hydroxylation is 1. The van der Waals surface area contributed by atoms with Gasteiger partial charge in [0, 0.05) is 11.6 Å². The highest BCUT2D eigenvalue weighted by Gasteiger charge is 2.34. The fourth-order valence-corrected chi connectivity index (χ4v) is 4.47. The van der Waals surface area contributed by atoms with E-state index in [0.717, 1.165) is 47.5 Å². The van der Waals surface area contributed by atoms with Gasteiger partial charge in [0.1, 0.15) is 5.75 Å². The van der Waals surface area contributed by atoms with E-state index in [4.69, 9.17) is 18.9 Å². The van der Waals surface area contributed by atoms with Gasteiger partial charge in [0.2, 0.25) is 12.5 Å². The molecule has 1 atom stereocenters. The number of hydrogen-bond donors (Lipinski definition) is 1. The summed E-state index contributed by atoms with van der Waals surface area (Å²) in [5.74, 6) is 3.14. The first-order chi connectivity index (χ1) is 12.7. The summed E-state index contributed by atoms with van der Waals surface area (Å²) in [7, 11) is 3.38. The van der Waals surface area contributed by atoms with E-state index in [2.05, 4.69) is 33.4 Å². The van der Waals surface area contributed by atoms with Gasteiger partial charge in [-0.1, -0.05) is 12.1 Å². The molecule has 4 rings (SSSR count). The van der Waals surface area contributed by atoms with Crippen LogP contribution in [0.5, 0.6) is 23.0 Å². The number of rotatable bonds is 5. The van der Waals surface area contributed by atoms with Gasteiger partial charge in [-0.2, -0.15) is 0 Å². The summed E-state index contributed by atoms with van der Waals surface area (Å²) in [6.45, 7) is 1.17. The van der Waals surface area contributed by atoms with Crippen LogP contribution in [-0.4, -0.2) is 27.6 Å². The number of ether oxygens (including phenoxy) is 4. The van der Waals surface area contributed by atoms with E-state index in [1.54, 1.807) is 14.2 Å². The molecule has 2 aliphatic heterocycles. The average Bonchev–Trinajstić information content (AvgIpc) is 3.17. The first-order valence-electron chi connectivity index (χ1n) is 8.77. The molecule has 0 amide bonds. The van der Waals surface area contributed by atoms with E-state index in [0.29, 0.717) is 5.75 Å². The van der Waals surface area contributed by atoms with Crippen LogP contribution in [0.25, 0.3) is 0 Å². The lowest BCUT2D eigenvalue weighted by Crippen LogP contribution is -2.31. The summed E-state index contributed by atoms with van der Waals surface area (Å²) in [5, 5.41) is 3.64. The topological polar surface area (TPSA) is 49.0 Å². The van der Waals surface area contributed by atoms with Crippen LogP contribution in [0.3, 0.4) is 0 Å². The molecule has 1 N–H and O–H groups in total. The molecule has 0 saturated heterocycles. The predicted molar refractivity (Wildman–Crippen MR) is 103 cm³/mol. The Bertz CT molecular complexity index is 807. The Labute approximate surface area is 161 Å². The van der Waals surface area contributed by atoms with Gasteiger partial charge in [-0.25, -0.2) is 0 Å². The Kier molecular flexibility index (Phi) is 4.96. The smallest absolute Gasteiger partial charge is 0.231 e. The highest BCUT2D eigenvalue weighted by molar-refractivity contribution is 9.10. The molecule has 1 unspecified atom stereocenters. The van der Waals surface area contributed by atoms with Gasteiger partial charge in [0.25, 0.3) is 0 Å². The third-order valence-electron chi connectivity index (χ3n) is 5.05. The molecule has 138 valence electrons. The van der Waals surface area contributed by atoms with Crippen LogP contribution >= 0.6 is 15.9 Å². The summed E-state index contributed by atoms with van der Waals surface area (Å²) < 4.78 is 23.3. The molecular weight excluding hydrogens is 398 g/mol. The first-order valence-corrected chi connectivity index (χ1v) is 9.56. The molecule has 0 aromatic heterocycles. The standard InChI is InChI=1S/C20H22BrNO4/c1-23-13-6-3-12(4-7-13)5-8-15-16-14(9-10-22-15)17(21)19-20(18(16)24-2)26-11-25-19/h3-4,6-7,15,22H,5,8-11H2,1-2H3. The quantitative estimate of drug-likeness (QED) is 0.792. The minimum atomic E-state index is 0.210. The fourth-order valence-electron chi connectivity index (χ4n) is 3.76. The lowest BCUT2D eigenvalue weighted by molar-refractivity contribution is 0.170. The summed E-state index contributed by atoms with van der Waals surface area (Å²) in [6.07, 6.45) is 2.88. The number of hydrogen-bond acceptors (Lipinski definition) is 5. The van der Waals surface area contributed by atoms with Gasteiger partial charge in [0.05, 0.1) is 18.7 Å². The number of fused-ring (bicyclic) bond motifs is 2. The van der Waals surface area contributed by atoms with Crippen LogP contribution in [0.1, 0.15) is 29.2 Å². The van der Waals surface area contributed by atoms with E-state index < -0.39 is 0 Å². The maximum Gasteiger partial charge on any atom is 0.231 e. The maximum atomic E-state index is 5.74. The number of nitrogens with one attached hydrogen (secondary N) is 1. The number of methoxy groups -OCH3 is 2. The van der Waals surface area contributed by atoms with Crippen LogP contribution in [0.4, 0.5) is 0 Å². The first kappa shape index (κ1) is 17.5. The third kappa shape index (κ3) is 3.01. The largest absolute Gasteiger partial charge is 0.497 e. The van der Waals surface area contributed by atoms with Crippen molar-refractivity contribution in [3.05, 3.63) is 45.4 Å². The van der Waals surface area contributed by atoms with Gasteiger partial charge in [0.15, 0.2) is 11.5 Å². The van der Waals surface area contributed by atoms with Crippen LogP contribution in [0.2, 0.25) is 0 Å². The van der Waals surface area contributed by atoms with Crippen molar-refractivity contribution in [1.29, 1.82) is 0 Å². The highest BCUT2D eigenvalue weighted by atomic mass is 79.9. The molecule has 2 aromatic carbocycles. The van der Waals surface area contributed by atoms with E-state index in [1.807, 2.05) is 12.1 Å². The normalized spacial score (nSPS) is 17.7. The van der Waals surface area contributed by atoms with Crippen LogP contribution in [0, 0.1) is 0 Å². The zero-order valence-corrected chi connectivity index (χ0v) is 16.5. The Morgan fingerprint density at radius 1 is 1.12 bits per heavy atom. The van der Waals surface area contributed by atoms with Crippen molar-refractivity contribution in [2.45, 2.75) is 25.3 Å². The van der Waals surface area contributed by atoms with Crippen LogP contribution in [-0.2, 0) is 12.8 Å². The second kappa shape index (κ2) is 7.37. The molecule has 6 heteroatoms. The molecule has 2 aliphatic rings. The second-order valence-electron chi connectivity index (χ2n) is 6.45. The number of benzene rings is 2. The predicted octanol–water partition coefficient (Wildman–Crippen LogP) is 4.01. The molecule has 2 heterocycles. The third-order valence-corrected chi connectivity index (χ3v) is 5.89. The molecule has 0 fully saturated rings. The minimum Gasteiger partial charge on any atom is -0.497 e. The molecule has 0 bridgehead atoms. The van der Waals surface area contributed by atoms with Gasteiger partial charge in [-0.05, 0) is 65.0 Å². The Morgan fingerprint density at radius 3 is 2.62 bits per heavy atom. The summed E-state index contributed by atoms with van der Waals surface area (Å²) in [6, 6.07) is 8.46. The SMILES string of the molecule is COc1ccc(CCC2NCCc3c(Br)c4c(c(OC)c32)OCO4)cc1. The molecule has 0 saturated carbocycles. The Balaban J connectivity index is 1.63. The molecule has 5 nitrogen and oxygen atoms in total. The van der Waals surface area contributed by atoms with Gasteiger partial charge < -0.3 is 24.3 Å². The molecule has 0 radical (unpaired) electrons. The average molecular weight is 420 g/mol. The van der Waals surface area contributed by atoms with Crippen molar-refractivity contribution >= 4 is 15.9 Å². The Morgan fingerprint density at radius 2 is 1.88 bits per heavy atom. The molecule has 2 aromatic rings. The number of halogens is 1. The van der Waals surface area contributed by atoms with E-state index in [9.17, 15) is 0 Å². The van der Waals surface area contributed by atoms with Gasteiger partial charge in [-0.15, -0.1) is 0 Å². The van der Waals surface area contributed by atoms with Crippen LogP contribution < -0.4 is 24.3 Å². The van der Waals surface area contributed by atoms with Crippen LogP contribution in [0.15, 0.2) is 28.7 Å². The minimum absolute atomic E-state index is 0.210. The van der Waals surface area contributed by atoms with E-state index in [-0.39, 0.29) is 12.8 Å². The van der Waals surface area contributed by atoms with Crippen molar-refractivity contribution in [3.8, 4) is 23.0 Å². The van der Waals surface area contributed by atoms with Gasteiger partial charge in [-0.3, -0.25) is 0 Å². The molecule has 0 aliphatic carbocycles. The zero-order chi connectivity index (χ0) is 18.1. The molecule has 26 heavy (non-hydrogen) atoms. The van der Waals surface area contributed by atoms with Gasteiger partial charge >= 0.3 is 0 Å². The highest BCUT2D eigenvalue weighted by Crippen LogP contribution is 2.53. The lowest BCUT2D eigenvalue weighted by atomic mass is 9.89. The van der Waals surface area contributed by atoms with Crippen molar-refractivity contribution in [1.82, 2.24) is 5.32 Å². The van der Waals surface area contributed by atoms with Crippen molar-refractivity contribution in [2.24, 2.45) is 0 Å². The van der Waals surface area contributed by atoms with E-state index >= 15 is 0 Å². The zero-order valence-electron chi connectivity index (χ0n) is 14.9.